The highest BCUT2D eigenvalue weighted by Gasteiger charge is 2.59. The van der Waals surface area contributed by atoms with Crippen molar-refractivity contribution >= 4 is 20.1 Å². The van der Waals surface area contributed by atoms with Crippen molar-refractivity contribution in [3.05, 3.63) is 12.7 Å². The van der Waals surface area contributed by atoms with Gasteiger partial charge in [0.1, 0.15) is 6.29 Å². The Morgan fingerprint density at radius 3 is 2.43 bits per heavy atom. The molecule has 0 spiro atoms. The molecule has 0 heterocycles. The van der Waals surface area contributed by atoms with Gasteiger partial charge in [0, 0.05) is 5.41 Å². The van der Waals surface area contributed by atoms with Crippen LogP contribution in [0.5, 0.6) is 0 Å². The van der Waals surface area contributed by atoms with E-state index in [1.54, 1.807) is 0 Å². The lowest BCUT2D eigenvalue weighted by Gasteiger charge is -2.53. The molecule has 2 saturated carbocycles. The molecule has 118 valence electrons. The quantitative estimate of drug-likeness (QED) is 0.328. The molecule has 0 aromatic heterocycles. The van der Waals surface area contributed by atoms with Crippen molar-refractivity contribution < 1.29 is 9.59 Å². The Morgan fingerprint density at radius 2 is 1.90 bits per heavy atom. The lowest BCUT2D eigenvalue weighted by atomic mass is 9.52. The summed E-state index contributed by atoms with van der Waals surface area (Å²) in [6.45, 7) is 12.8. The monoisotopic (exact) mass is 306 g/mol. The van der Waals surface area contributed by atoms with Gasteiger partial charge >= 0.3 is 0 Å². The molecule has 2 fully saturated rings. The number of carbonyl (C=O) groups excluding carboxylic acids is 2. The molecular formula is C18H30O2Si. The van der Waals surface area contributed by atoms with E-state index in [0.717, 1.165) is 38.4 Å². The van der Waals surface area contributed by atoms with Gasteiger partial charge in [0.15, 0.2) is 5.78 Å². The van der Waals surface area contributed by atoms with Crippen LogP contribution in [0.4, 0.5) is 0 Å². The summed E-state index contributed by atoms with van der Waals surface area (Å²) in [6.07, 6.45) is 9.14. The molecule has 0 radical (unpaired) electrons. The van der Waals surface area contributed by atoms with E-state index in [-0.39, 0.29) is 16.7 Å². The van der Waals surface area contributed by atoms with Crippen LogP contribution >= 0.6 is 0 Å². The largest absolute Gasteiger partial charge is 0.302 e. The molecule has 0 aromatic rings. The second-order valence-corrected chi connectivity index (χ2v) is 13.8. The summed E-state index contributed by atoms with van der Waals surface area (Å²) in [5.41, 5.74) is -1.03. The molecular weight excluding hydrogens is 276 g/mol. The van der Waals surface area contributed by atoms with Crippen LogP contribution in [-0.2, 0) is 9.59 Å². The third-order valence-electron chi connectivity index (χ3n) is 6.18. The minimum absolute atomic E-state index is 0.0506. The van der Waals surface area contributed by atoms with Crippen molar-refractivity contribution in [2.24, 2.45) is 16.7 Å². The van der Waals surface area contributed by atoms with Crippen LogP contribution in [0.1, 0.15) is 45.4 Å². The second kappa shape index (κ2) is 5.49. The number of ketones is 1. The molecule has 0 aliphatic heterocycles. The average Bonchev–Trinajstić information content (AvgIpc) is 2.42. The first-order valence-electron chi connectivity index (χ1n) is 8.36. The smallest absolute Gasteiger partial charge is 0.152 e. The van der Waals surface area contributed by atoms with Gasteiger partial charge in [-0.1, -0.05) is 45.5 Å². The number of Topliss-reactive ketones (excluding diaryl/α,β-unsaturated/α-hetero) is 1. The van der Waals surface area contributed by atoms with Crippen molar-refractivity contribution in [3.8, 4) is 0 Å². The standard InChI is InChI=1S/C18H30O2Si/c1-6-15(21(3,4)5)18(13-19)12-10-14-9-7-8-11-17(14,2)16(18)20/h6,13-15H,1,7-12H2,2-5H3/t14-,15?,17+,18?/m0/s1. The number of fused-ring (bicyclic) bond motifs is 1. The van der Waals surface area contributed by atoms with Gasteiger partial charge in [-0.3, -0.25) is 4.79 Å². The molecule has 0 amide bonds. The maximum Gasteiger partial charge on any atom is 0.152 e. The number of allylic oxidation sites excluding steroid dienone is 1. The first kappa shape index (κ1) is 16.7. The van der Waals surface area contributed by atoms with E-state index in [0.29, 0.717) is 5.92 Å². The number of hydrogen-bond acceptors (Lipinski definition) is 2. The average molecular weight is 307 g/mol. The molecule has 0 bridgehead atoms. The summed E-state index contributed by atoms with van der Waals surface area (Å²) >= 11 is 0. The van der Waals surface area contributed by atoms with Crippen molar-refractivity contribution in [2.75, 3.05) is 0 Å². The molecule has 0 N–H and O–H groups in total. The fraction of sp³-hybridized carbons (Fsp3) is 0.778. The molecule has 2 aliphatic rings. The van der Waals surface area contributed by atoms with Gasteiger partial charge in [-0.2, -0.15) is 0 Å². The first-order valence-corrected chi connectivity index (χ1v) is 11.9. The maximum absolute atomic E-state index is 13.4. The lowest BCUT2D eigenvalue weighted by Crippen LogP contribution is -2.57. The summed E-state index contributed by atoms with van der Waals surface area (Å²) in [7, 11) is -1.67. The van der Waals surface area contributed by atoms with E-state index >= 15 is 0 Å². The minimum Gasteiger partial charge on any atom is -0.302 e. The van der Waals surface area contributed by atoms with E-state index in [4.69, 9.17) is 0 Å². The predicted molar refractivity (Wildman–Crippen MR) is 90.1 cm³/mol. The molecule has 2 unspecified atom stereocenters. The fourth-order valence-corrected chi connectivity index (χ4v) is 7.64. The molecule has 0 saturated heterocycles. The van der Waals surface area contributed by atoms with Gasteiger partial charge in [-0.15, -0.1) is 6.58 Å². The lowest BCUT2D eigenvalue weighted by molar-refractivity contribution is -0.153. The van der Waals surface area contributed by atoms with Crippen LogP contribution in [0.15, 0.2) is 12.7 Å². The normalized spacial score (nSPS) is 38.5. The highest BCUT2D eigenvalue weighted by molar-refractivity contribution is 6.78. The van der Waals surface area contributed by atoms with Crippen LogP contribution in [0.2, 0.25) is 25.2 Å². The van der Waals surface area contributed by atoms with E-state index in [1.807, 2.05) is 6.08 Å². The molecule has 3 heteroatoms. The summed E-state index contributed by atoms with van der Waals surface area (Å²) < 4.78 is 0. The molecule has 2 aliphatic carbocycles. The van der Waals surface area contributed by atoms with E-state index in [2.05, 4.69) is 33.1 Å². The highest BCUT2D eigenvalue weighted by Crippen LogP contribution is 2.58. The van der Waals surface area contributed by atoms with Gasteiger partial charge in [0.05, 0.1) is 13.5 Å². The number of rotatable bonds is 4. The zero-order valence-corrected chi connectivity index (χ0v) is 15.1. The molecule has 2 nitrogen and oxygen atoms in total. The van der Waals surface area contributed by atoms with Crippen LogP contribution in [0.25, 0.3) is 0 Å². The van der Waals surface area contributed by atoms with Crippen LogP contribution < -0.4 is 0 Å². The van der Waals surface area contributed by atoms with Gasteiger partial charge in [0.25, 0.3) is 0 Å². The van der Waals surface area contributed by atoms with Gasteiger partial charge in [-0.25, -0.2) is 0 Å². The second-order valence-electron chi connectivity index (χ2n) is 8.47. The van der Waals surface area contributed by atoms with Gasteiger partial charge in [0.2, 0.25) is 0 Å². The fourth-order valence-electron chi connectivity index (χ4n) is 5.04. The Morgan fingerprint density at radius 1 is 1.24 bits per heavy atom. The summed E-state index contributed by atoms with van der Waals surface area (Å²) in [5.74, 6) is 0.715. The number of aldehydes is 1. The predicted octanol–water partition coefficient (Wildman–Crippen LogP) is 4.63. The van der Waals surface area contributed by atoms with Crippen LogP contribution in [0, 0.1) is 16.7 Å². The number of hydrogen-bond donors (Lipinski definition) is 0. The van der Waals surface area contributed by atoms with Crippen molar-refractivity contribution in [3.63, 3.8) is 0 Å². The summed E-state index contributed by atoms with van der Waals surface area (Å²) in [4.78, 5) is 25.5. The third kappa shape index (κ3) is 2.48. The van der Waals surface area contributed by atoms with E-state index < -0.39 is 13.5 Å². The molecule has 4 atom stereocenters. The zero-order chi connectivity index (χ0) is 15.9. The van der Waals surface area contributed by atoms with Gasteiger partial charge < -0.3 is 4.79 Å². The first-order chi connectivity index (χ1) is 9.72. The Labute approximate surface area is 130 Å². The van der Waals surface area contributed by atoms with Crippen molar-refractivity contribution in [2.45, 2.75) is 70.6 Å². The highest BCUT2D eigenvalue weighted by atomic mass is 28.3. The Bertz CT molecular complexity index is 451. The van der Waals surface area contributed by atoms with Crippen molar-refractivity contribution in [1.29, 1.82) is 0 Å². The van der Waals surface area contributed by atoms with E-state index in [9.17, 15) is 9.59 Å². The van der Waals surface area contributed by atoms with E-state index in [1.165, 1.54) is 6.42 Å². The topological polar surface area (TPSA) is 34.1 Å². The SMILES string of the molecule is C=CC(C1(C=O)CC[C@@H]2CCCC[C@@]2(C)C1=O)[Si](C)(C)C. The summed E-state index contributed by atoms with van der Waals surface area (Å²) in [6, 6.07) is 0. The Balaban J connectivity index is 2.47. The maximum atomic E-state index is 13.4. The molecule has 0 aromatic carbocycles. The number of carbonyl (C=O) groups is 2. The Kier molecular flexibility index (Phi) is 4.36. The summed E-state index contributed by atoms with van der Waals surface area (Å²) in [5, 5.41) is 0. The molecule has 21 heavy (non-hydrogen) atoms. The molecule has 2 rings (SSSR count). The van der Waals surface area contributed by atoms with Crippen molar-refractivity contribution in [1.82, 2.24) is 0 Å². The third-order valence-corrected chi connectivity index (χ3v) is 8.80. The van der Waals surface area contributed by atoms with Gasteiger partial charge in [-0.05, 0) is 37.1 Å². The Hall–Kier alpha value is -0.703. The van der Waals surface area contributed by atoms with Crippen LogP contribution in [-0.4, -0.2) is 20.1 Å². The minimum atomic E-state index is -1.67. The zero-order valence-electron chi connectivity index (χ0n) is 14.1. The van der Waals surface area contributed by atoms with Crippen LogP contribution in [0.3, 0.4) is 0 Å².